The number of alkyl halides is 3. The fourth-order valence-electron chi connectivity index (χ4n) is 1.77. The minimum Gasteiger partial charge on any atom is -0.390 e. The molecule has 1 rings (SSSR count). The summed E-state index contributed by atoms with van der Waals surface area (Å²) in [5.41, 5.74) is -1.43. The van der Waals surface area contributed by atoms with Crippen LogP contribution < -0.4 is 0 Å². The van der Waals surface area contributed by atoms with E-state index >= 15 is 0 Å². The van der Waals surface area contributed by atoms with E-state index in [1.807, 2.05) is 0 Å². The Morgan fingerprint density at radius 1 is 1.41 bits per heavy atom. The second-order valence-electron chi connectivity index (χ2n) is 4.55. The molecule has 0 aromatic heterocycles. The van der Waals surface area contributed by atoms with Crippen molar-refractivity contribution >= 4 is 16.9 Å². The monoisotopic (exact) mass is 333 g/mol. The first kappa shape index (κ1) is 18.5. The standard InChI is InChI=1S/C14H14F3NO3S/c1-8(19)22-5-4-12(20)13(21)11-6-10(14(15,16)17)3-2-9(11)7-18/h2-3,6,12-13,20-21H,4-5H2,1H3. The van der Waals surface area contributed by atoms with Crippen LogP contribution in [0.4, 0.5) is 13.2 Å². The highest BCUT2D eigenvalue weighted by Gasteiger charge is 2.32. The van der Waals surface area contributed by atoms with E-state index in [1.165, 1.54) is 6.92 Å². The minimum atomic E-state index is -4.61. The molecule has 0 saturated carbocycles. The second-order valence-corrected chi connectivity index (χ2v) is 5.82. The molecule has 0 spiro atoms. The molecule has 4 nitrogen and oxygen atoms in total. The molecule has 1 aromatic rings. The summed E-state index contributed by atoms with van der Waals surface area (Å²) in [7, 11) is 0. The largest absolute Gasteiger partial charge is 0.416 e. The molecule has 2 unspecified atom stereocenters. The van der Waals surface area contributed by atoms with Crippen LogP contribution in [0.5, 0.6) is 0 Å². The van der Waals surface area contributed by atoms with Crippen molar-refractivity contribution in [3.05, 3.63) is 34.9 Å². The third-order valence-corrected chi connectivity index (χ3v) is 3.75. The maximum Gasteiger partial charge on any atom is 0.416 e. The zero-order chi connectivity index (χ0) is 16.9. The lowest BCUT2D eigenvalue weighted by Crippen LogP contribution is -2.21. The number of carbonyl (C=O) groups excluding carboxylic acids is 1. The molecule has 0 aliphatic rings. The van der Waals surface area contributed by atoms with Gasteiger partial charge in [-0.2, -0.15) is 18.4 Å². The van der Waals surface area contributed by atoms with E-state index in [0.29, 0.717) is 6.07 Å². The zero-order valence-corrected chi connectivity index (χ0v) is 12.4. The molecule has 1 aromatic carbocycles. The molecule has 0 fully saturated rings. The molecule has 0 bridgehead atoms. The van der Waals surface area contributed by atoms with Gasteiger partial charge in [-0.15, -0.1) is 0 Å². The Morgan fingerprint density at radius 3 is 2.55 bits per heavy atom. The molecule has 0 amide bonds. The lowest BCUT2D eigenvalue weighted by molar-refractivity contribution is -0.137. The summed E-state index contributed by atoms with van der Waals surface area (Å²) >= 11 is 0.935. The lowest BCUT2D eigenvalue weighted by atomic mass is 9.95. The number of carbonyl (C=O) groups is 1. The van der Waals surface area contributed by atoms with E-state index in [1.54, 1.807) is 6.07 Å². The quantitative estimate of drug-likeness (QED) is 0.866. The Hall–Kier alpha value is -1.56. The molecular weight excluding hydrogens is 319 g/mol. The van der Waals surface area contributed by atoms with Crippen LogP contribution in [-0.4, -0.2) is 27.2 Å². The summed E-state index contributed by atoms with van der Waals surface area (Å²) in [4.78, 5) is 10.8. The van der Waals surface area contributed by atoms with Crippen molar-refractivity contribution in [2.24, 2.45) is 0 Å². The number of thioether (sulfide) groups is 1. The summed E-state index contributed by atoms with van der Waals surface area (Å²) in [6, 6.07) is 4.04. The molecular formula is C14H14F3NO3S. The summed E-state index contributed by atoms with van der Waals surface area (Å²) in [5, 5.41) is 28.6. The van der Waals surface area contributed by atoms with E-state index in [-0.39, 0.29) is 28.4 Å². The van der Waals surface area contributed by atoms with Gasteiger partial charge in [0.05, 0.1) is 23.3 Å². The Bertz CT molecular complexity index is 584. The van der Waals surface area contributed by atoms with E-state index < -0.39 is 23.9 Å². The summed E-state index contributed by atoms with van der Waals surface area (Å²) in [6.45, 7) is 1.34. The van der Waals surface area contributed by atoms with Gasteiger partial charge in [0.25, 0.3) is 0 Å². The molecule has 120 valence electrons. The van der Waals surface area contributed by atoms with Crippen molar-refractivity contribution in [3.8, 4) is 6.07 Å². The maximum atomic E-state index is 12.7. The van der Waals surface area contributed by atoms with Crippen molar-refractivity contribution in [2.45, 2.75) is 31.7 Å². The predicted octanol–water partition coefficient (Wildman–Crippen LogP) is 2.64. The number of aliphatic hydroxyl groups excluding tert-OH is 2. The van der Waals surface area contributed by atoms with Crippen LogP contribution in [0.25, 0.3) is 0 Å². The second kappa shape index (κ2) is 7.63. The van der Waals surface area contributed by atoms with Crippen LogP contribution in [0.3, 0.4) is 0 Å². The van der Waals surface area contributed by atoms with Gasteiger partial charge in [0.15, 0.2) is 5.12 Å². The van der Waals surface area contributed by atoms with E-state index in [2.05, 4.69) is 0 Å². The molecule has 0 saturated heterocycles. The number of rotatable bonds is 5. The number of halogens is 3. The number of aliphatic hydroxyl groups is 2. The fraction of sp³-hybridized carbons (Fsp3) is 0.429. The molecule has 2 atom stereocenters. The average molecular weight is 333 g/mol. The van der Waals surface area contributed by atoms with Crippen molar-refractivity contribution in [2.75, 3.05) is 5.75 Å². The first-order valence-electron chi connectivity index (χ1n) is 6.27. The maximum absolute atomic E-state index is 12.7. The van der Waals surface area contributed by atoms with Crippen LogP contribution >= 0.6 is 11.8 Å². The first-order chi connectivity index (χ1) is 10.2. The first-order valence-corrected chi connectivity index (χ1v) is 7.26. The van der Waals surface area contributed by atoms with Crippen LogP contribution in [0, 0.1) is 11.3 Å². The van der Waals surface area contributed by atoms with Gasteiger partial charge in [-0.05, 0) is 24.6 Å². The van der Waals surface area contributed by atoms with Crippen LogP contribution in [-0.2, 0) is 11.0 Å². The molecule has 0 aliphatic heterocycles. The lowest BCUT2D eigenvalue weighted by Gasteiger charge is -2.20. The van der Waals surface area contributed by atoms with E-state index in [9.17, 15) is 28.2 Å². The van der Waals surface area contributed by atoms with Crippen LogP contribution in [0.15, 0.2) is 18.2 Å². The van der Waals surface area contributed by atoms with Gasteiger partial charge in [0, 0.05) is 18.2 Å². The third-order valence-electron chi connectivity index (χ3n) is 2.90. The molecule has 22 heavy (non-hydrogen) atoms. The smallest absolute Gasteiger partial charge is 0.390 e. The highest BCUT2D eigenvalue weighted by molar-refractivity contribution is 8.13. The Morgan fingerprint density at radius 2 is 2.05 bits per heavy atom. The Balaban J connectivity index is 2.97. The number of nitriles is 1. The van der Waals surface area contributed by atoms with Gasteiger partial charge in [-0.1, -0.05) is 11.8 Å². The average Bonchev–Trinajstić information content (AvgIpc) is 2.44. The highest BCUT2D eigenvalue weighted by Crippen LogP contribution is 2.33. The summed E-state index contributed by atoms with van der Waals surface area (Å²) in [6.07, 6.45) is -7.61. The van der Waals surface area contributed by atoms with Crippen LogP contribution in [0.2, 0.25) is 0 Å². The topological polar surface area (TPSA) is 81.3 Å². The minimum absolute atomic E-state index is 0.00648. The summed E-state index contributed by atoms with van der Waals surface area (Å²) < 4.78 is 38.1. The Labute approximate surface area is 129 Å². The summed E-state index contributed by atoms with van der Waals surface area (Å²) in [5.74, 6) is 0.217. The highest BCUT2D eigenvalue weighted by atomic mass is 32.2. The van der Waals surface area contributed by atoms with Crippen LogP contribution in [0.1, 0.15) is 36.1 Å². The van der Waals surface area contributed by atoms with Gasteiger partial charge < -0.3 is 10.2 Å². The van der Waals surface area contributed by atoms with Gasteiger partial charge in [-0.25, -0.2) is 0 Å². The SMILES string of the molecule is CC(=O)SCCC(O)C(O)c1cc(C(F)(F)F)ccc1C#N. The normalized spacial score (nSPS) is 14.2. The predicted molar refractivity (Wildman–Crippen MR) is 74.9 cm³/mol. The van der Waals surface area contributed by atoms with Crippen molar-refractivity contribution in [3.63, 3.8) is 0 Å². The molecule has 0 heterocycles. The van der Waals surface area contributed by atoms with Crippen molar-refractivity contribution < 1.29 is 28.2 Å². The zero-order valence-electron chi connectivity index (χ0n) is 11.6. The van der Waals surface area contributed by atoms with E-state index in [0.717, 1.165) is 23.9 Å². The number of hydrogen-bond donors (Lipinski definition) is 2. The molecule has 0 aliphatic carbocycles. The molecule has 0 radical (unpaired) electrons. The van der Waals surface area contributed by atoms with Gasteiger partial charge >= 0.3 is 6.18 Å². The van der Waals surface area contributed by atoms with Gasteiger partial charge in [-0.3, -0.25) is 4.79 Å². The van der Waals surface area contributed by atoms with E-state index in [4.69, 9.17) is 5.26 Å². The van der Waals surface area contributed by atoms with Gasteiger partial charge in [0.2, 0.25) is 0 Å². The Kier molecular flexibility index (Phi) is 6.41. The van der Waals surface area contributed by atoms with Gasteiger partial charge in [0.1, 0.15) is 6.10 Å². The molecule has 8 heteroatoms. The number of nitrogens with zero attached hydrogens (tertiary/aromatic N) is 1. The number of hydrogen-bond acceptors (Lipinski definition) is 5. The number of benzene rings is 1. The fourth-order valence-corrected chi connectivity index (χ4v) is 2.42. The molecule has 2 N–H and O–H groups in total. The van der Waals surface area contributed by atoms with Crippen molar-refractivity contribution in [1.82, 2.24) is 0 Å². The van der Waals surface area contributed by atoms with Crippen molar-refractivity contribution in [1.29, 1.82) is 5.26 Å². The third kappa shape index (κ3) is 5.02.